The van der Waals surface area contributed by atoms with E-state index in [4.69, 9.17) is 4.74 Å². The van der Waals surface area contributed by atoms with E-state index in [-0.39, 0.29) is 24.0 Å². The molecule has 2 heterocycles. The Balaban J connectivity index is 1.27. The van der Waals surface area contributed by atoms with E-state index in [0.717, 1.165) is 63.1 Å². The Bertz CT molecular complexity index is 875. The number of piperidine rings is 1. The predicted molar refractivity (Wildman–Crippen MR) is 127 cm³/mol. The number of rotatable bonds is 8. The van der Waals surface area contributed by atoms with E-state index in [2.05, 4.69) is 52.1 Å². The third-order valence-electron chi connectivity index (χ3n) is 6.87. The number of carbonyl (C=O) groups excluding carboxylic acids is 1. The van der Waals surface area contributed by atoms with Gasteiger partial charge < -0.3 is 14.5 Å². The maximum Gasteiger partial charge on any atom is 0.241 e. The van der Waals surface area contributed by atoms with Crippen molar-refractivity contribution in [2.75, 3.05) is 33.8 Å². The first-order valence-electron chi connectivity index (χ1n) is 11.8. The molecular weight excluding hydrogens is 400 g/mol. The maximum atomic E-state index is 13.3. The molecule has 0 aromatic heterocycles. The van der Waals surface area contributed by atoms with Crippen LogP contribution >= 0.6 is 0 Å². The van der Waals surface area contributed by atoms with Gasteiger partial charge in [-0.1, -0.05) is 48.5 Å². The molecule has 2 aromatic rings. The molecule has 0 aliphatic carbocycles. The topological polar surface area (TPSA) is 56.8 Å². The van der Waals surface area contributed by atoms with Crippen molar-refractivity contribution >= 4 is 5.91 Å². The number of likely N-dealkylation sites (N-methyl/N-ethyl adjacent to an activating group) is 1. The molecule has 0 spiro atoms. The molecular formula is C26H36N4O2. The van der Waals surface area contributed by atoms with Crippen LogP contribution in [0.5, 0.6) is 5.75 Å². The Kier molecular flexibility index (Phi) is 7.79. The fourth-order valence-corrected chi connectivity index (χ4v) is 5.00. The fraction of sp³-hybridized carbons (Fsp3) is 0.500. The van der Waals surface area contributed by atoms with Crippen LogP contribution in [-0.4, -0.2) is 61.6 Å². The van der Waals surface area contributed by atoms with Gasteiger partial charge in [0.05, 0.1) is 13.2 Å². The maximum absolute atomic E-state index is 13.3. The van der Waals surface area contributed by atoms with Gasteiger partial charge in [-0.2, -0.15) is 0 Å². The standard InChI is InChI=1S/C26H36N4O2/c1-29(21-13-9-17-30(19-21)16-8-12-20-10-4-3-5-11-20)26(31)24-18-23(27-28-24)22-14-6-7-15-25(22)32-2/h3-7,10-11,14-15,21,23-24,27-28H,8-9,12-13,16-19H2,1-2H3. The second-order valence-electron chi connectivity index (χ2n) is 9.01. The average molecular weight is 437 g/mol. The highest BCUT2D eigenvalue weighted by Crippen LogP contribution is 2.30. The van der Waals surface area contributed by atoms with Gasteiger partial charge in [-0.05, 0) is 56.8 Å². The molecule has 2 saturated heterocycles. The van der Waals surface area contributed by atoms with Crippen LogP contribution in [0.15, 0.2) is 54.6 Å². The fourth-order valence-electron chi connectivity index (χ4n) is 5.00. The first-order chi connectivity index (χ1) is 15.7. The van der Waals surface area contributed by atoms with Gasteiger partial charge in [0.1, 0.15) is 11.8 Å². The quantitative estimate of drug-likeness (QED) is 0.666. The summed E-state index contributed by atoms with van der Waals surface area (Å²) >= 11 is 0. The van der Waals surface area contributed by atoms with E-state index >= 15 is 0 Å². The monoisotopic (exact) mass is 436 g/mol. The molecule has 2 aromatic carbocycles. The summed E-state index contributed by atoms with van der Waals surface area (Å²) in [6, 6.07) is 18.8. The number of nitrogens with zero attached hydrogens (tertiary/aromatic N) is 2. The number of methoxy groups -OCH3 is 1. The Morgan fingerprint density at radius 1 is 1.12 bits per heavy atom. The van der Waals surface area contributed by atoms with Gasteiger partial charge in [-0.3, -0.25) is 4.79 Å². The molecule has 0 saturated carbocycles. The number of hydrazine groups is 1. The van der Waals surface area contributed by atoms with Gasteiger partial charge in [-0.25, -0.2) is 10.9 Å². The van der Waals surface area contributed by atoms with Crippen molar-refractivity contribution < 1.29 is 9.53 Å². The van der Waals surface area contributed by atoms with Gasteiger partial charge in [0.15, 0.2) is 0 Å². The van der Waals surface area contributed by atoms with Gasteiger partial charge in [0.25, 0.3) is 0 Å². The van der Waals surface area contributed by atoms with E-state index in [0.29, 0.717) is 0 Å². The van der Waals surface area contributed by atoms with Crippen molar-refractivity contribution in [1.82, 2.24) is 20.7 Å². The molecule has 2 N–H and O–H groups in total. The summed E-state index contributed by atoms with van der Waals surface area (Å²) in [4.78, 5) is 17.8. The van der Waals surface area contributed by atoms with E-state index in [1.54, 1.807) is 7.11 Å². The predicted octanol–water partition coefficient (Wildman–Crippen LogP) is 3.16. The van der Waals surface area contributed by atoms with Gasteiger partial charge in [0.2, 0.25) is 5.91 Å². The van der Waals surface area contributed by atoms with Crippen LogP contribution in [-0.2, 0) is 11.2 Å². The molecule has 32 heavy (non-hydrogen) atoms. The van der Waals surface area contributed by atoms with Gasteiger partial charge in [-0.15, -0.1) is 0 Å². The van der Waals surface area contributed by atoms with Crippen LogP contribution in [0.2, 0.25) is 0 Å². The van der Waals surface area contributed by atoms with Crippen molar-refractivity contribution in [2.45, 2.75) is 50.2 Å². The SMILES string of the molecule is COc1ccccc1C1CC(C(=O)N(C)C2CCCN(CCCc3ccccc3)C2)NN1. The van der Waals surface area contributed by atoms with E-state index in [1.807, 2.05) is 30.1 Å². The summed E-state index contributed by atoms with van der Waals surface area (Å²) in [5.74, 6) is 1.03. The normalized spacial score (nSPS) is 23.8. The van der Waals surface area contributed by atoms with E-state index < -0.39 is 0 Å². The lowest BCUT2D eigenvalue weighted by Crippen LogP contribution is -2.53. The number of aryl methyl sites for hydroxylation is 1. The lowest BCUT2D eigenvalue weighted by atomic mass is 9.99. The third-order valence-corrected chi connectivity index (χ3v) is 6.87. The number of benzene rings is 2. The number of amides is 1. The van der Waals surface area contributed by atoms with Crippen molar-refractivity contribution in [3.05, 3.63) is 65.7 Å². The lowest BCUT2D eigenvalue weighted by Gasteiger charge is -2.38. The second kappa shape index (κ2) is 10.9. The molecule has 0 bridgehead atoms. The number of carbonyl (C=O) groups is 1. The Labute approximate surface area is 191 Å². The summed E-state index contributed by atoms with van der Waals surface area (Å²) in [6.45, 7) is 3.19. The Morgan fingerprint density at radius 2 is 1.91 bits per heavy atom. The van der Waals surface area contributed by atoms with Crippen LogP contribution in [0.4, 0.5) is 0 Å². The molecule has 3 atom stereocenters. The molecule has 1 amide bonds. The van der Waals surface area contributed by atoms with E-state index in [9.17, 15) is 4.79 Å². The number of hydrogen-bond donors (Lipinski definition) is 2. The highest BCUT2D eigenvalue weighted by molar-refractivity contribution is 5.82. The summed E-state index contributed by atoms with van der Waals surface area (Å²) in [5, 5.41) is 0. The Hall–Kier alpha value is -2.41. The van der Waals surface area contributed by atoms with Crippen LogP contribution < -0.4 is 15.6 Å². The molecule has 3 unspecified atom stereocenters. The number of likely N-dealkylation sites (tertiary alicyclic amines) is 1. The molecule has 4 rings (SSSR count). The number of ether oxygens (including phenoxy) is 1. The zero-order chi connectivity index (χ0) is 22.3. The zero-order valence-corrected chi connectivity index (χ0v) is 19.3. The Morgan fingerprint density at radius 3 is 2.72 bits per heavy atom. The average Bonchev–Trinajstić information content (AvgIpc) is 3.34. The third kappa shape index (κ3) is 5.49. The van der Waals surface area contributed by atoms with Gasteiger partial charge >= 0.3 is 0 Å². The van der Waals surface area contributed by atoms with Crippen molar-refractivity contribution in [1.29, 1.82) is 0 Å². The molecule has 0 radical (unpaired) electrons. The number of nitrogens with one attached hydrogen (secondary N) is 2. The van der Waals surface area contributed by atoms with Crippen LogP contribution in [0.25, 0.3) is 0 Å². The van der Waals surface area contributed by atoms with Crippen LogP contribution in [0.3, 0.4) is 0 Å². The smallest absolute Gasteiger partial charge is 0.241 e. The zero-order valence-electron chi connectivity index (χ0n) is 19.3. The summed E-state index contributed by atoms with van der Waals surface area (Å²) in [6.07, 6.45) is 5.21. The largest absolute Gasteiger partial charge is 0.496 e. The minimum atomic E-state index is -0.219. The minimum absolute atomic E-state index is 0.0642. The molecule has 6 nitrogen and oxygen atoms in total. The highest BCUT2D eigenvalue weighted by Gasteiger charge is 2.35. The van der Waals surface area contributed by atoms with Crippen LogP contribution in [0, 0.1) is 0 Å². The first kappa shape index (κ1) is 22.8. The molecule has 2 fully saturated rings. The van der Waals surface area contributed by atoms with Crippen LogP contribution in [0.1, 0.15) is 42.9 Å². The van der Waals surface area contributed by atoms with Gasteiger partial charge in [0, 0.05) is 25.2 Å². The van der Waals surface area contributed by atoms with Crippen molar-refractivity contribution in [3.8, 4) is 5.75 Å². The molecule has 2 aliphatic rings. The first-order valence-corrected chi connectivity index (χ1v) is 11.8. The summed E-state index contributed by atoms with van der Waals surface area (Å²) in [5.41, 5.74) is 9.02. The highest BCUT2D eigenvalue weighted by atomic mass is 16.5. The number of para-hydroxylation sites is 1. The number of hydrogen-bond acceptors (Lipinski definition) is 5. The molecule has 2 aliphatic heterocycles. The molecule has 172 valence electrons. The summed E-state index contributed by atoms with van der Waals surface area (Å²) < 4.78 is 5.50. The summed E-state index contributed by atoms with van der Waals surface area (Å²) in [7, 11) is 3.66. The minimum Gasteiger partial charge on any atom is -0.496 e. The molecule has 6 heteroatoms. The van der Waals surface area contributed by atoms with E-state index in [1.165, 1.54) is 5.56 Å². The van der Waals surface area contributed by atoms with Crippen molar-refractivity contribution in [2.24, 2.45) is 0 Å². The second-order valence-corrected chi connectivity index (χ2v) is 9.01. The van der Waals surface area contributed by atoms with Crippen molar-refractivity contribution in [3.63, 3.8) is 0 Å². The lowest BCUT2D eigenvalue weighted by molar-refractivity contribution is -0.135.